The topological polar surface area (TPSA) is 57.5 Å². The average Bonchev–Trinajstić information content (AvgIpc) is 2.20. The summed E-state index contributed by atoms with van der Waals surface area (Å²) >= 11 is 0. The number of hydrogen-bond acceptors (Lipinski definition) is 2. The maximum atomic E-state index is 10.7. The second-order valence-electron chi connectivity index (χ2n) is 3.88. The van der Waals surface area contributed by atoms with Crippen LogP contribution < -0.4 is 0 Å². The minimum atomic E-state index is -0.868. The summed E-state index contributed by atoms with van der Waals surface area (Å²) in [5.74, 6) is -0.929. The Morgan fingerprint density at radius 2 is 2.25 bits per heavy atom. The molecule has 0 aliphatic rings. The lowest BCUT2D eigenvalue weighted by atomic mass is 9.91. The zero-order valence-corrected chi connectivity index (χ0v) is 9.31. The fourth-order valence-corrected chi connectivity index (χ4v) is 1.73. The number of phenols is 1. The summed E-state index contributed by atoms with van der Waals surface area (Å²) in [5, 5.41) is 18.5. The molecule has 0 radical (unpaired) electrons. The van der Waals surface area contributed by atoms with Crippen LogP contribution in [0.1, 0.15) is 29.9 Å². The van der Waals surface area contributed by atoms with Gasteiger partial charge in [0.25, 0.3) is 0 Å². The van der Waals surface area contributed by atoms with E-state index in [1.807, 2.05) is 13.0 Å². The van der Waals surface area contributed by atoms with E-state index < -0.39 is 5.97 Å². The molecule has 0 aromatic heterocycles. The number of phenolic OH excluding ortho intramolecular Hbond substituents is 1. The smallest absolute Gasteiger partial charge is 0.303 e. The third kappa shape index (κ3) is 3.12. The normalized spacial score (nSPS) is 12.1. The van der Waals surface area contributed by atoms with Crippen LogP contribution >= 0.6 is 0 Å². The first-order valence-corrected chi connectivity index (χ1v) is 5.16. The molecule has 1 rings (SSSR count). The number of carboxylic acids is 1. The molecule has 0 aliphatic heterocycles. The molecule has 1 aromatic carbocycles. The van der Waals surface area contributed by atoms with Crippen LogP contribution in [0.5, 0.6) is 5.75 Å². The minimum Gasteiger partial charge on any atom is -0.508 e. The molecule has 0 saturated heterocycles. The van der Waals surface area contributed by atoms with E-state index in [0.717, 1.165) is 5.56 Å². The van der Waals surface area contributed by atoms with Gasteiger partial charge in [0.15, 0.2) is 0 Å². The Morgan fingerprint density at radius 1 is 1.56 bits per heavy atom. The molecule has 16 heavy (non-hydrogen) atoms. The van der Waals surface area contributed by atoms with Crippen molar-refractivity contribution in [2.24, 2.45) is 0 Å². The molecule has 86 valence electrons. The molecule has 1 unspecified atom stereocenters. The van der Waals surface area contributed by atoms with Crippen molar-refractivity contribution in [3.05, 3.63) is 42.0 Å². The van der Waals surface area contributed by atoms with Gasteiger partial charge in [-0.15, -0.1) is 6.58 Å². The fraction of sp³-hybridized carbons (Fsp3) is 0.308. The van der Waals surface area contributed by atoms with Crippen LogP contribution in [0.4, 0.5) is 0 Å². The van der Waals surface area contributed by atoms with Gasteiger partial charge in [-0.2, -0.15) is 0 Å². The largest absolute Gasteiger partial charge is 0.508 e. The Kier molecular flexibility index (Phi) is 4.11. The van der Waals surface area contributed by atoms with Crippen molar-refractivity contribution in [2.75, 3.05) is 0 Å². The van der Waals surface area contributed by atoms with Crippen molar-refractivity contribution >= 4 is 5.97 Å². The van der Waals surface area contributed by atoms with E-state index in [0.29, 0.717) is 12.0 Å². The van der Waals surface area contributed by atoms with Gasteiger partial charge < -0.3 is 10.2 Å². The predicted octanol–water partition coefficient (Wildman–Crippen LogP) is 2.84. The number of aromatic hydroxyl groups is 1. The number of carboxylic acid groups (broad SMARTS) is 1. The van der Waals surface area contributed by atoms with Crippen LogP contribution in [0.15, 0.2) is 30.9 Å². The molecule has 0 aliphatic carbocycles. The maximum Gasteiger partial charge on any atom is 0.303 e. The summed E-state index contributed by atoms with van der Waals surface area (Å²) in [5.41, 5.74) is 1.69. The van der Waals surface area contributed by atoms with Crippen LogP contribution in [-0.4, -0.2) is 16.2 Å². The lowest BCUT2D eigenvalue weighted by Crippen LogP contribution is -2.06. The van der Waals surface area contributed by atoms with E-state index in [-0.39, 0.29) is 18.1 Å². The third-order valence-corrected chi connectivity index (χ3v) is 2.50. The van der Waals surface area contributed by atoms with Gasteiger partial charge in [0.05, 0.1) is 6.42 Å². The Bertz CT molecular complexity index is 396. The van der Waals surface area contributed by atoms with E-state index >= 15 is 0 Å². The highest BCUT2D eigenvalue weighted by atomic mass is 16.4. The second kappa shape index (κ2) is 5.35. The summed E-state index contributed by atoms with van der Waals surface area (Å²) in [6.07, 6.45) is 2.22. The molecule has 2 N–H and O–H groups in total. The van der Waals surface area contributed by atoms with Gasteiger partial charge in [0.2, 0.25) is 0 Å². The van der Waals surface area contributed by atoms with Gasteiger partial charge in [-0.05, 0) is 25.0 Å². The summed E-state index contributed by atoms with van der Waals surface area (Å²) in [7, 11) is 0. The van der Waals surface area contributed by atoms with Crippen LogP contribution in [0, 0.1) is 6.92 Å². The Labute approximate surface area is 95.0 Å². The molecule has 0 saturated carbocycles. The molecule has 3 nitrogen and oxygen atoms in total. The van der Waals surface area contributed by atoms with Gasteiger partial charge >= 0.3 is 5.97 Å². The van der Waals surface area contributed by atoms with Gasteiger partial charge in [-0.1, -0.05) is 23.8 Å². The van der Waals surface area contributed by atoms with Crippen molar-refractivity contribution in [2.45, 2.75) is 25.7 Å². The van der Waals surface area contributed by atoms with Gasteiger partial charge in [0, 0.05) is 5.92 Å². The highest BCUT2D eigenvalue weighted by molar-refractivity contribution is 5.68. The number of rotatable bonds is 5. The summed E-state index contributed by atoms with van der Waals surface area (Å²) in [6.45, 7) is 5.52. The number of aliphatic carboxylic acids is 1. The summed E-state index contributed by atoms with van der Waals surface area (Å²) < 4.78 is 0. The lowest BCUT2D eigenvalue weighted by molar-refractivity contribution is -0.137. The molecule has 0 heterocycles. The zero-order valence-electron chi connectivity index (χ0n) is 9.31. The van der Waals surface area contributed by atoms with Crippen LogP contribution in [0.25, 0.3) is 0 Å². The summed E-state index contributed by atoms with van der Waals surface area (Å²) in [4.78, 5) is 10.7. The molecule has 0 bridgehead atoms. The predicted molar refractivity (Wildman–Crippen MR) is 62.7 cm³/mol. The molecule has 1 aromatic rings. The molecule has 0 fully saturated rings. The SMILES string of the molecule is C=CCC(CC(=O)O)c1cc(C)ccc1O. The average molecular weight is 220 g/mol. The molecule has 0 amide bonds. The van der Waals surface area contributed by atoms with E-state index in [9.17, 15) is 9.90 Å². The minimum absolute atomic E-state index is 0.00301. The third-order valence-electron chi connectivity index (χ3n) is 2.50. The van der Waals surface area contributed by atoms with E-state index in [1.165, 1.54) is 0 Å². The Morgan fingerprint density at radius 3 is 2.81 bits per heavy atom. The molecular formula is C13H16O3. The van der Waals surface area contributed by atoms with E-state index in [2.05, 4.69) is 6.58 Å². The van der Waals surface area contributed by atoms with Crippen molar-refractivity contribution in [1.29, 1.82) is 0 Å². The van der Waals surface area contributed by atoms with Crippen molar-refractivity contribution in [3.8, 4) is 5.75 Å². The Hall–Kier alpha value is -1.77. The van der Waals surface area contributed by atoms with Gasteiger partial charge in [-0.25, -0.2) is 0 Å². The number of carbonyl (C=O) groups is 1. The first-order valence-electron chi connectivity index (χ1n) is 5.16. The highest BCUT2D eigenvalue weighted by Crippen LogP contribution is 2.31. The van der Waals surface area contributed by atoms with Gasteiger partial charge in [-0.3, -0.25) is 4.79 Å². The van der Waals surface area contributed by atoms with Crippen LogP contribution in [0.3, 0.4) is 0 Å². The fourth-order valence-electron chi connectivity index (χ4n) is 1.73. The number of benzene rings is 1. The van der Waals surface area contributed by atoms with Crippen molar-refractivity contribution in [3.63, 3.8) is 0 Å². The molecule has 1 atom stereocenters. The van der Waals surface area contributed by atoms with E-state index in [1.54, 1.807) is 18.2 Å². The lowest BCUT2D eigenvalue weighted by Gasteiger charge is -2.15. The monoisotopic (exact) mass is 220 g/mol. The standard InChI is InChI=1S/C13H16O3/c1-3-4-10(8-13(15)16)11-7-9(2)5-6-12(11)14/h3,5-7,10,14H,1,4,8H2,2H3,(H,15,16). The summed E-state index contributed by atoms with van der Waals surface area (Å²) in [6, 6.07) is 5.22. The van der Waals surface area contributed by atoms with Gasteiger partial charge in [0.1, 0.15) is 5.75 Å². The van der Waals surface area contributed by atoms with E-state index in [4.69, 9.17) is 5.11 Å². The second-order valence-corrected chi connectivity index (χ2v) is 3.88. The highest BCUT2D eigenvalue weighted by Gasteiger charge is 2.17. The van der Waals surface area contributed by atoms with Crippen molar-refractivity contribution < 1.29 is 15.0 Å². The zero-order chi connectivity index (χ0) is 12.1. The molecule has 0 spiro atoms. The number of hydrogen-bond donors (Lipinski definition) is 2. The van der Waals surface area contributed by atoms with Crippen LogP contribution in [0.2, 0.25) is 0 Å². The first kappa shape index (κ1) is 12.3. The van der Waals surface area contributed by atoms with Crippen molar-refractivity contribution in [1.82, 2.24) is 0 Å². The molecule has 3 heteroatoms. The number of allylic oxidation sites excluding steroid dienone is 1. The number of aryl methyl sites for hydroxylation is 1. The maximum absolute atomic E-state index is 10.7. The van der Waals surface area contributed by atoms with Crippen LogP contribution in [-0.2, 0) is 4.79 Å². The Balaban J connectivity index is 3.03. The quantitative estimate of drug-likeness (QED) is 0.750. The first-order chi connectivity index (χ1) is 7.54. The molecular weight excluding hydrogens is 204 g/mol.